The molecule has 1 fully saturated rings. The number of pyridine rings is 1. The van der Waals surface area contributed by atoms with Crippen LogP contribution in [0.4, 0.5) is 5.69 Å². The number of aromatic nitrogens is 2. The minimum Gasteiger partial charge on any atom is -0.491 e. The Morgan fingerprint density at radius 3 is 2.39 bits per heavy atom. The van der Waals surface area contributed by atoms with E-state index in [9.17, 15) is 0 Å². The van der Waals surface area contributed by atoms with Crippen LogP contribution in [0.25, 0.3) is 0 Å². The predicted molar refractivity (Wildman–Crippen MR) is 130 cm³/mol. The minimum atomic E-state index is -0.0453. The maximum atomic E-state index is 5.82. The Balaban J connectivity index is 1.75. The molecule has 4 rings (SSSR count). The summed E-state index contributed by atoms with van der Waals surface area (Å²) in [6, 6.07) is 16.3. The molecule has 0 radical (unpaired) electrons. The van der Waals surface area contributed by atoms with E-state index in [2.05, 4.69) is 77.2 Å². The molecule has 31 heavy (non-hydrogen) atoms. The maximum Gasteiger partial charge on any atom is 0.174 e. The Bertz CT molecular complexity index is 1040. The van der Waals surface area contributed by atoms with Crippen LogP contribution in [0.5, 0.6) is 5.75 Å². The lowest BCUT2D eigenvalue weighted by Crippen LogP contribution is -2.29. The molecule has 0 aliphatic carbocycles. The Labute approximate surface area is 190 Å². The summed E-state index contributed by atoms with van der Waals surface area (Å²) in [7, 11) is 0. The molecule has 3 heterocycles. The first-order valence-corrected chi connectivity index (χ1v) is 11.1. The number of thiocarbonyl (C=S) groups is 1. The standard InChI is InChI=1S/C25H30N4OS/c1-17(2)30-20-11-9-19(10-12-20)29-23(18-13-15-28(16-18)25(3,4)5)22(27-24(29)31)21-8-6-7-14-26-21/h6-17,22-23H,1-5H3,(H,27,31)/t22-,23-/m0/s1. The molecule has 0 amide bonds. The van der Waals surface area contributed by atoms with Crippen molar-refractivity contribution in [3.05, 3.63) is 78.4 Å². The van der Waals surface area contributed by atoms with Crippen molar-refractivity contribution in [3.63, 3.8) is 0 Å². The van der Waals surface area contributed by atoms with Gasteiger partial charge in [-0.3, -0.25) is 4.98 Å². The van der Waals surface area contributed by atoms with Crippen molar-refractivity contribution in [1.82, 2.24) is 14.9 Å². The van der Waals surface area contributed by atoms with Crippen LogP contribution in [0.15, 0.2) is 67.1 Å². The van der Waals surface area contributed by atoms with Crippen LogP contribution in [-0.4, -0.2) is 20.8 Å². The lowest BCUT2D eigenvalue weighted by molar-refractivity contribution is 0.242. The molecule has 2 atom stereocenters. The van der Waals surface area contributed by atoms with Gasteiger partial charge in [0.15, 0.2) is 5.11 Å². The molecule has 0 unspecified atom stereocenters. The highest BCUT2D eigenvalue weighted by Crippen LogP contribution is 2.42. The summed E-state index contributed by atoms with van der Waals surface area (Å²) in [6.45, 7) is 10.7. The van der Waals surface area contributed by atoms with Gasteiger partial charge in [0.1, 0.15) is 5.75 Å². The van der Waals surface area contributed by atoms with Crippen molar-refractivity contribution in [3.8, 4) is 5.75 Å². The summed E-state index contributed by atoms with van der Waals surface area (Å²) in [5.41, 5.74) is 3.20. The van der Waals surface area contributed by atoms with E-state index in [1.54, 1.807) is 0 Å². The van der Waals surface area contributed by atoms with Crippen LogP contribution in [0.1, 0.15) is 58.0 Å². The van der Waals surface area contributed by atoms with E-state index in [1.807, 2.05) is 44.3 Å². The van der Waals surface area contributed by atoms with Crippen LogP contribution in [0.3, 0.4) is 0 Å². The minimum absolute atomic E-state index is 0.00590. The number of hydrogen-bond donors (Lipinski definition) is 1. The Kier molecular flexibility index (Phi) is 5.75. The van der Waals surface area contributed by atoms with Gasteiger partial charge in [-0.05, 0) is 94.9 Å². The molecule has 2 aromatic heterocycles. The number of benzene rings is 1. The van der Waals surface area contributed by atoms with Gasteiger partial charge in [-0.25, -0.2) is 0 Å². The SMILES string of the molecule is CC(C)Oc1ccc(N2C(=S)N[C@@H](c3ccccn3)[C@@H]2c2ccn(C(C)(C)C)c2)cc1. The Hall–Kier alpha value is -2.86. The highest BCUT2D eigenvalue weighted by atomic mass is 32.1. The van der Waals surface area contributed by atoms with Crippen molar-refractivity contribution in [1.29, 1.82) is 0 Å². The lowest BCUT2D eigenvalue weighted by Gasteiger charge is -2.28. The fourth-order valence-electron chi connectivity index (χ4n) is 3.93. The summed E-state index contributed by atoms with van der Waals surface area (Å²) in [5, 5.41) is 4.21. The third-order valence-electron chi connectivity index (χ3n) is 5.42. The maximum absolute atomic E-state index is 5.82. The zero-order chi connectivity index (χ0) is 22.2. The second kappa shape index (κ2) is 8.35. The molecule has 162 valence electrons. The number of rotatable bonds is 5. The molecule has 1 aliphatic heterocycles. The van der Waals surface area contributed by atoms with E-state index in [-0.39, 0.29) is 23.7 Å². The average molecular weight is 435 g/mol. The third kappa shape index (κ3) is 4.44. The summed E-state index contributed by atoms with van der Waals surface area (Å²) in [4.78, 5) is 6.82. The fourth-order valence-corrected chi connectivity index (χ4v) is 4.28. The normalized spacial score (nSPS) is 19.0. The Morgan fingerprint density at radius 2 is 1.81 bits per heavy atom. The van der Waals surface area contributed by atoms with Gasteiger partial charge in [-0.2, -0.15) is 0 Å². The van der Waals surface area contributed by atoms with Gasteiger partial charge in [-0.1, -0.05) is 6.07 Å². The van der Waals surface area contributed by atoms with E-state index in [0.717, 1.165) is 17.1 Å². The van der Waals surface area contributed by atoms with Crippen molar-refractivity contribution >= 4 is 23.0 Å². The van der Waals surface area contributed by atoms with Crippen LogP contribution < -0.4 is 15.0 Å². The molecule has 1 aromatic carbocycles. The molecule has 6 heteroatoms. The van der Waals surface area contributed by atoms with Crippen molar-refractivity contribution in [2.24, 2.45) is 0 Å². The van der Waals surface area contributed by atoms with Crippen molar-refractivity contribution in [2.45, 2.75) is 58.3 Å². The highest BCUT2D eigenvalue weighted by Gasteiger charge is 2.41. The molecule has 3 aromatic rings. The zero-order valence-electron chi connectivity index (χ0n) is 18.7. The van der Waals surface area contributed by atoms with Crippen LogP contribution in [-0.2, 0) is 5.54 Å². The number of nitrogens with one attached hydrogen (secondary N) is 1. The fraction of sp³-hybridized carbons (Fsp3) is 0.360. The highest BCUT2D eigenvalue weighted by molar-refractivity contribution is 7.80. The largest absolute Gasteiger partial charge is 0.491 e. The van der Waals surface area contributed by atoms with E-state index in [0.29, 0.717) is 5.11 Å². The zero-order valence-corrected chi connectivity index (χ0v) is 19.6. The molecule has 0 bridgehead atoms. The summed E-state index contributed by atoms with van der Waals surface area (Å²) < 4.78 is 8.07. The van der Waals surface area contributed by atoms with Crippen molar-refractivity contribution < 1.29 is 4.74 Å². The molecule has 0 spiro atoms. The summed E-state index contributed by atoms with van der Waals surface area (Å²) >= 11 is 5.81. The van der Waals surface area contributed by atoms with E-state index >= 15 is 0 Å². The van der Waals surface area contributed by atoms with Gasteiger partial charge in [0.25, 0.3) is 0 Å². The van der Waals surface area contributed by atoms with E-state index in [1.165, 1.54) is 5.56 Å². The first-order valence-electron chi connectivity index (χ1n) is 10.7. The first kappa shape index (κ1) is 21.4. The topological polar surface area (TPSA) is 42.3 Å². The number of hydrogen-bond acceptors (Lipinski definition) is 3. The average Bonchev–Trinajstić information content (AvgIpc) is 3.33. The second-order valence-electron chi connectivity index (χ2n) is 9.18. The summed E-state index contributed by atoms with van der Waals surface area (Å²) in [5.74, 6) is 0.855. The van der Waals surface area contributed by atoms with Gasteiger partial charge < -0.3 is 19.5 Å². The molecular weight excluding hydrogens is 404 g/mol. The van der Waals surface area contributed by atoms with Crippen molar-refractivity contribution in [2.75, 3.05) is 4.90 Å². The molecule has 1 N–H and O–H groups in total. The van der Waals surface area contributed by atoms with Crippen LogP contribution in [0, 0.1) is 0 Å². The van der Waals surface area contributed by atoms with Gasteiger partial charge in [0, 0.05) is 29.8 Å². The lowest BCUT2D eigenvalue weighted by atomic mass is 9.98. The second-order valence-corrected chi connectivity index (χ2v) is 9.57. The third-order valence-corrected chi connectivity index (χ3v) is 5.73. The molecular formula is C25H30N4OS. The molecule has 0 saturated carbocycles. The van der Waals surface area contributed by atoms with Gasteiger partial charge in [0.2, 0.25) is 0 Å². The molecule has 5 nitrogen and oxygen atoms in total. The van der Waals surface area contributed by atoms with Crippen LogP contribution >= 0.6 is 12.2 Å². The van der Waals surface area contributed by atoms with Gasteiger partial charge in [0.05, 0.1) is 23.9 Å². The predicted octanol–water partition coefficient (Wildman–Crippen LogP) is 5.60. The van der Waals surface area contributed by atoms with Gasteiger partial charge in [-0.15, -0.1) is 0 Å². The van der Waals surface area contributed by atoms with Gasteiger partial charge >= 0.3 is 0 Å². The number of nitrogens with zero attached hydrogens (tertiary/aromatic N) is 3. The number of anilines is 1. The first-order chi connectivity index (χ1) is 14.7. The van der Waals surface area contributed by atoms with E-state index < -0.39 is 0 Å². The smallest absolute Gasteiger partial charge is 0.174 e. The molecule has 1 aliphatic rings. The summed E-state index contributed by atoms with van der Waals surface area (Å²) in [6.07, 6.45) is 6.33. The quantitative estimate of drug-likeness (QED) is 0.529. The van der Waals surface area contributed by atoms with E-state index in [4.69, 9.17) is 17.0 Å². The monoisotopic (exact) mass is 434 g/mol. The number of ether oxygens (including phenoxy) is 1. The molecule has 1 saturated heterocycles. The Morgan fingerprint density at radius 1 is 1.06 bits per heavy atom. The van der Waals surface area contributed by atoms with Crippen LogP contribution in [0.2, 0.25) is 0 Å².